The summed E-state index contributed by atoms with van der Waals surface area (Å²) >= 11 is 0. The highest BCUT2D eigenvalue weighted by atomic mass is 16.5. The van der Waals surface area contributed by atoms with Gasteiger partial charge in [0.1, 0.15) is 0 Å². The van der Waals surface area contributed by atoms with E-state index in [-0.39, 0.29) is 17.7 Å². The largest absolute Gasteiger partial charge is 0.376 e. The number of benzene rings is 2. The summed E-state index contributed by atoms with van der Waals surface area (Å²) in [6.07, 6.45) is 4.09. The fraction of sp³-hybridized carbons (Fsp3) is 0.429. The van der Waals surface area contributed by atoms with Crippen molar-refractivity contribution in [2.24, 2.45) is 0 Å². The Morgan fingerprint density at radius 3 is 2.81 bits per heavy atom. The van der Waals surface area contributed by atoms with E-state index >= 15 is 0 Å². The molecule has 0 unspecified atom stereocenters. The smallest absolute Gasteiger partial charge is 0.252 e. The maximum Gasteiger partial charge on any atom is 0.252 e. The van der Waals surface area contributed by atoms with Gasteiger partial charge in [0.15, 0.2) is 5.82 Å². The molecule has 1 saturated heterocycles. The molecule has 2 aromatic heterocycles. The molecule has 0 saturated carbocycles. The second-order valence-electron chi connectivity index (χ2n) is 9.76. The third-order valence-electron chi connectivity index (χ3n) is 6.94. The zero-order valence-corrected chi connectivity index (χ0v) is 21.1. The van der Waals surface area contributed by atoms with E-state index < -0.39 is 0 Å². The number of ether oxygens (including phenoxy) is 1. The van der Waals surface area contributed by atoms with Gasteiger partial charge in [0.05, 0.1) is 18.7 Å². The number of aryl methyl sites for hydroxylation is 1. The first kappa shape index (κ1) is 24.3. The monoisotopic (exact) mass is 486 g/mol. The van der Waals surface area contributed by atoms with Gasteiger partial charge in [-0.2, -0.15) is 0 Å². The quantitative estimate of drug-likeness (QED) is 0.354. The maximum absolute atomic E-state index is 13.2. The molecule has 36 heavy (non-hydrogen) atoms. The van der Waals surface area contributed by atoms with E-state index in [1.54, 1.807) is 0 Å². The van der Waals surface area contributed by atoms with E-state index in [0.717, 1.165) is 60.1 Å². The standard InChI is InChI=1S/C28H34N6O2/c1-3-8-26(27-30-31-32-34(27)19-24-11-7-14-36-24)33(17-21-9-5-4-6-10-21)18-23-16-22-13-12-20(2)15-25(22)29-28(23)35/h4-6,9-10,12-13,15-16,24,26H,3,7-8,11,14,17-19H2,1-2H3,(H,29,35)/t24-,26+/m0/s1. The van der Waals surface area contributed by atoms with Gasteiger partial charge in [-0.3, -0.25) is 9.69 Å². The van der Waals surface area contributed by atoms with Gasteiger partial charge in [-0.1, -0.05) is 55.8 Å². The van der Waals surface area contributed by atoms with E-state index in [1.165, 1.54) is 5.56 Å². The molecule has 1 aliphatic heterocycles. The number of rotatable bonds is 10. The summed E-state index contributed by atoms with van der Waals surface area (Å²) < 4.78 is 7.77. The fourth-order valence-corrected chi connectivity index (χ4v) is 5.10. The Morgan fingerprint density at radius 2 is 2.03 bits per heavy atom. The molecule has 8 heteroatoms. The van der Waals surface area contributed by atoms with Crippen molar-refractivity contribution >= 4 is 10.9 Å². The Labute approximate surface area is 211 Å². The van der Waals surface area contributed by atoms with Gasteiger partial charge in [-0.15, -0.1) is 5.10 Å². The van der Waals surface area contributed by atoms with Crippen LogP contribution in [0.3, 0.4) is 0 Å². The van der Waals surface area contributed by atoms with Crippen LogP contribution in [0.5, 0.6) is 0 Å². The lowest BCUT2D eigenvalue weighted by Crippen LogP contribution is -2.33. The van der Waals surface area contributed by atoms with Gasteiger partial charge in [0.2, 0.25) is 0 Å². The molecule has 0 spiro atoms. The summed E-state index contributed by atoms with van der Waals surface area (Å²) in [6, 6.07) is 18.5. The lowest BCUT2D eigenvalue weighted by molar-refractivity contribution is 0.0885. The lowest BCUT2D eigenvalue weighted by atomic mass is 10.0. The Balaban J connectivity index is 1.51. The minimum Gasteiger partial charge on any atom is -0.376 e. The predicted octanol–water partition coefficient (Wildman–Crippen LogP) is 4.55. The number of aromatic amines is 1. The van der Waals surface area contributed by atoms with Crippen LogP contribution in [0.2, 0.25) is 0 Å². The van der Waals surface area contributed by atoms with Crippen LogP contribution in [0.1, 0.15) is 61.2 Å². The number of hydrogen-bond donors (Lipinski definition) is 1. The number of fused-ring (bicyclic) bond motifs is 1. The van der Waals surface area contributed by atoms with Gasteiger partial charge in [0.25, 0.3) is 5.56 Å². The number of nitrogens with one attached hydrogen (secondary N) is 1. The highest BCUT2D eigenvalue weighted by molar-refractivity contribution is 5.79. The summed E-state index contributed by atoms with van der Waals surface area (Å²) in [5.74, 6) is 0.830. The summed E-state index contributed by atoms with van der Waals surface area (Å²) in [5.41, 5.74) is 3.85. The highest BCUT2D eigenvalue weighted by Gasteiger charge is 2.28. The fourth-order valence-electron chi connectivity index (χ4n) is 5.10. The third kappa shape index (κ3) is 5.55. The summed E-state index contributed by atoms with van der Waals surface area (Å²) in [5, 5.41) is 13.9. The Morgan fingerprint density at radius 1 is 1.17 bits per heavy atom. The van der Waals surface area contributed by atoms with E-state index in [1.807, 2.05) is 29.8 Å². The molecule has 5 rings (SSSR count). The van der Waals surface area contributed by atoms with Gasteiger partial charge in [0, 0.05) is 30.8 Å². The molecule has 2 aromatic carbocycles. The maximum atomic E-state index is 13.2. The number of aromatic nitrogens is 5. The Hall–Kier alpha value is -3.36. The highest BCUT2D eigenvalue weighted by Crippen LogP contribution is 2.28. The molecule has 0 amide bonds. The molecule has 0 radical (unpaired) electrons. The van der Waals surface area contributed by atoms with E-state index in [2.05, 4.69) is 68.7 Å². The Bertz CT molecular complexity index is 1340. The molecule has 1 fully saturated rings. The minimum atomic E-state index is -0.0552. The second kappa shape index (κ2) is 11.1. The van der Waals surface area contributed by atoms with Crippen LogP contribution in [0.4, 0.5) is 0 Å². The molecule has 2 atom stereocenters. The summed E-state index contributed by atoms with van der Waals surface area (Å²) in [7, 11) is 0. The zero-order valence-electron chi connectivity index (χ0n) is 21.1. The first-order valence-corrected chi connectivity index (χ1v) is 12.9. The Kier molecular flexibility index (Phi) is 7.53. The molecular weight excluding hydrogens is 452 g/mol. The average Bonchev–Trinajstić information content (AvgIpc) is 3.56. The van der Waals surface area contributed by atoms with Crippen molar-refractivity contribution in [2.75, 3.05) is 6.61 Å². The molecular formula is C28H34N6O2. The molecule has 0 aliphatic carbocycles. The number of H-pyrrole nitrogens is 1. The van der Waals surface area contributed by atoms with E-state index in [0.29, 0.717) is 19.6 Å². The number of nitrogens with zero attached hydrogens (tertiary/aromatic N) is 5. The first-order chi connectivity index (χ1) is 17.6. The van der Waals surface area contributed by atoms with Gasteiger partial charge in [-0.05, 0) is 65.3 Å². The summed E-state index contributed by atoms with van der Waals surface area (Å²) in [6.45, 7) is 6.83. The van der Waals surface area contributed by atoms with E-state index in [9.17, 15) is 4.79 Å². The molecule has 1 N–H and O–H groups in total. The van der Waals surface area contributed by atoms with Crippen molar-refractivity contribution in [1.82, 2.24) is 30.1 Å². The molecule has 3 heterocycles. The van der Waals surface area contributed by atoms with Gasteiger partial charge in [-0.25, -0.2) is 4.68 Å². The lowest BCUT2D eigenvalue weighted by Gasteiger charge is -2.31. The van der Waals surface area contributed by atoms with Crippen LogP contribution in [-0.4, -0.2) is 42.8 Å². The van der Waals surface area contributed by atoms with Crippen molar-refractivity contribution in [3.63, 3.8) is 0 Å². The van der Waals surface area contributed by atoms with Crippen LogP contribution >= 0.6 is 0 Å². The zero-order chi connectivity index (χ0) is 24.9. The van der Waals surface area contributed by atoms with Crippen LogP contribution in [0, 0.1) is 6.92 Å². The first-order valence-electron chi connectivity index (χ1n) is 12.9. The van der Waals surface area contributed by atoms with Crippen molar-refractivity contribution < 1.29 is 4.74 Å². The normalized spacial score (nSPS) is 16.7. The minimum absolute atomic E-state index is 0.0419. The SMILES string of the molecule is CCC[C@H](c1nnnn1C[C@@H]1CCCO1)N(Cc1ccccc1)Cc1cc2ccc(C)cc2[nH]c1=O. The second-order valence-corrected chi connectivity index (χ2v) is 9.76. The van der Waals surface area contributed by atoms with Crippen molar-refractivity contribution in [3.8, 4) is 0 Å². The predicted molar refractivity (Wildman–Crippen MR) is 139 cm³/mol. The third-order valence-corrected chi connectivity index (χ3v) is 6.94. The average molecular weight is 487 g/mol. The van der Waals surface area contributed by atoms with E-state index in [4.69, 9.17) is 4.74 Å². The molecule has 188 valence electrons. The van der Waals surface area contributed by atoms with Gasteiger partial charge >= 0.3 is 0 Å². The van der Waals surface area contributed by atoms with Crippen LogP contribution in [0.15, 0.2) is 59.4 Å². The molecule has 0 bridgehead atoms. The van der Waals surface area contributed by atoms with Crippen LogP contribution < -0.4 is 5.56 Å². The molecule has 4 aromatic rings. The van der Waals surface area contributed by atoms with Crippen molar-refractivity contribution in [2.45, 2.75) is 71.3 Å². The number of pyridine rings is 1. The number of tetrazole rings is 1. The van der Waals surface area contributed by atoms with Crippen LogP contribution in [0.25, 0.3) is 10.9 Å². The van der Waals surface area contributed by atoms with Crippen molar-refractivity contribution in [3.05, 3.63) is 87.5 Å². The molecule has 8 nitrogen and oxygen atoms in total. The number of hydrogen-bond acceptors (Lipinski definition) is 6. The van der Waals surface area contributed by atoms with Crippen LogP contribution in [-0.2, 0) is 24.4 Å². The topological polar surface area (TPSA) is 88.9 Å². The summed E-state index contributed by atoms with van der Waals surface area (Å²) in [4.78, 5) is 18.6. The van der Waals surface area contributed by atoms with Crippen molar-refractivity contribution in [1.29, 1.82) is 0 Å². The molecule has 1 aliphatic rings. The van der Waals surface area contributed by atoms with Gasteiger partial charge < -0.3 is 9.72 Å².